The van der Waals surface area contributed by atoms with Crippen LogP contribution in [0, 0.1) is 5.82 Å². The van der Waals surface area contributed by atoms with Crippen molar-refractivity contribution in [2.24, 2.45) is 0 Å². The maximum absolute atomic E-state index is 13.2. The van der Waals surface area contributed by atoms with Crippen molar-refractivity contribution in [1.82, 2.24) is 29.9 Å². The molecule has 0 unspecified atom stereocenters. The van der Waals surface area contributed by atoms with Gasteiger partial charge in [-0.1, -0.05) is 17.3 Å². The molecule has 1 fully saturated rings. The molecule has 2 aromatic heterocycles. The topological polar surface area (TPSA) is 115 Å². The fourth-order valence-electron chi connectivity index (χ4n) is 4.51. The number of aromatic nitrogens is 5. The van der Waals surface area contributed by atoms with Crippen LogP contribution in [0.2, 0.25) is 0 Å². The minimum absolute atomic E-state index is 0.0120. The van der Waals surface area contributed by atoms with Crippen molar-refractivity contribution in [2.75, 3.05) is 19.9 Å². The van der Waals surface area contributed by atoms with E-state index in [1.807, 2.05) is 0 Å². The highest BCUT2D eigenvalue weighted by Crippen LogP contribution is 2.33. The van der Waals surface area contributed by atoms with Gasteiger partial charge in [-0.05, 0) is 48.7 Å². The highest BCUT2D eigenvalue weighted by Gasteiger charge is 2.28. The van der Waals surface area contributed by atoms with Crippen LogP contribution < -0.4 is 15.0 Å². The van der Waals surface area contributed by atoms with Crippen molar-refractivity contribution < 1.29 is 18.7 Å². The zero-order chi connectivity index (χ0) is 23.9. The van der Waals surface area contributed by atoms with Gasteiger partial charge >= 0.3 is 0 Å². The summed E-state index contributed by atoms with van der Waals surface area (Å²) in [5.74, 6) is 1.37. The van der Waals surface area contributed by atoms with E-state index in [1.54, 1.807) is 39.9 Å². The number of rotatable bonds is 4. The van der Waals surface area contributed by atoms with Gasteiger partial charge < -0.3 is 19.4 Å². The number of ether oxygens (including phenoxy) is 2. The van der Waals surface area contributed by atoms with Gasteiger partial charge in [0.15, 0.2) is 22.7 Å². The number of benzene rings is 2. The van der Waals surface area contributed by atoms with Gasteiger partial charge in [-0.15, -0.1) is 5.10 Å². The second-order valence-electron chi connectivity index (χ2n) is 8.63. The van der Waals surface area contributed by atoms with Crippen LogP contribution in [0.3, 0.4) is 0 Å². The van der Waals surface area contributed by atoms with Crippen LogP contribution in [0.1, 0.15) is 40.5 Å². The molecule has 10 nitrogen and oxygen atoms in total. The Morgan fingerprint density at radius 1 is 1.09 bits per heavy atom. The summed E-state index contributed by atoms with van der Waals surface area (Å²) in [4.78, 5) is 35.0. The smallest absolute Gasteiger partial charge is 0.281 e. The summed E-state index contributed by atoms with van der Waals surface area (Å²) in [7, 11) is 0. The average Bonchev–Trinajstić information content (AvgIpc) is 3.52. The lowest BCUT2D eigenvalue weighted by Gasteiger charge is -2.31. The second-order valence-corrected chi connectivity index (χ2v) is 8.63. The van der Waals surface area contributed by atoms with E-state index in [1.165, 1.54) is 12.1 Å². The molecule has 35 heavy (non-hydrogen) atoms. The maximum atomic E-state index is 13.2. The quantitative estimate of drug-likeness (QED) is 0.481. The van der Waals surface area contributed by atoms with Crippen molar-refractivity contribution in [1.29, 1.82) is 0 Å². The van der Waals surface area contributed by atoms with Crippen molar-refractivity contribution in [2.45, 2.75) is 25.3 Å². The highest BCUT2D eigenvalue weighted by atomic mass is 19.1. The fraction of sp³-hybridized carbons (Fsp3) is 0.292. The molecule has 4 heterocycles. The number of hydrogen-bond acceptors (Lipinski definition) is 7. The van der Waals surface area contributed by atoms with Crippen LogP contribution in [-0.4, -0.2) is 55.7 Å². The Labute approximate surface area is 198 Å². The molecule has 2 aromatic carbocycles. The lowest BCUT2D eigenvalue weighted by atomic mass is 9.95. The number of nitrogens with zero attached hydrogens (tertiary/aromatic N) is 5. The number of carbonyl (C=O) groups is 1. The molecule has 1 amide bonds. The van der Waals surface area contributed by atoms with Crippen LogP contribution in [0.4, 0.5) is 4.39 Å². The van der Waals surface area contributed by atoms with E-state index in [0.717, 1.165) is 5.56 Å². The first-order valence-corrected chi connectivity index (χ1v) is 11.3. The van der Waals surface area contributed by atoms with Gasteiger partial charge in [0.2, 0.25) is 6.79 Å². The SMILES string of the molecule is O=C(c1ccc2c(c1)OCO2)N1CCC(c2nc3c(nnn3Cc3ccc(F)cc3)c(=O)[nH]2)CC1. The summed E-state index contributed by atoms with van der Waals surface area (Å²) in [5.41, 5.74) is 1.56. The van der Waals surface area contributed by atoms with Crippen molar-refractivity contribution in [3.63, 3.8) is 0 Å². The molecule has 1 saturated heterocycles. The van der Waals surface area contributed by atoms with E-state index < -0.39 is 0 Å². The summed E-state index contributed by atoms with van der Waals surface area (Å²) in [6.07, 6.45) is 1.31. The first-order valence-electron chi connectivity index (χ1n) is 11.3. The average molecular weight is 476 g/mol. The lowest BCUT2D eigenvalue weighted by molar-refractivity contribution is 0.0710. The Morgan fingerprint density at radius 2 is 1.86 bits per heavy atom. The van der Waals surface area contributed by atoms with Crippen LogP contribution in [0.5, 0.6) is 11.5 Å². The van der Waals surface area contributed by atoms with Gasteiger partial charge in [0, 0.05) is 24.6 Å². The van der Waals surface area contributed by atoms with Gasteiger partial charge in [0.05, 0.1) is 6.54 Å². The van der Waals surface area contributed by atoms with Crippen LogP contribution >= 0.6 is 0 Å². The number of fused-ring (bicyclic) bond motifs is 2. The first-order chi connectivity index (χ1) is 17.0. The van der Waals surface area contributed by atoms with E-state index in [0.29, 0.717) is 61.0 Å². The predicted octanol–water partition coefficient (Wildman–Crippen LogP) is 2.45. The van der Waals surface area contributed by atoms with Crippen molar-refractivity contribution in [3.05, 3.63) is 75.6 Å². The Morgan fingerprint density at radius 3 is 2.66 bits per heavy atom. The third kappa shape index (κ3) is 3.98. The maximum Gasteiger partial charge on any atom is 0.281 e. The number of piperidine rings is 1. The number of hydrogen-bond donors (Lipinski definition) is 1. The summed E-state index contributed by atoms with van der Waals surface area (Å²) in [5, 5.41) is 8.04. The van der Waals surface area contributed by atoms with E-state index in [-0.39, 0.29) is 35.5 Å². The summed E-state index contributed by atoms with van der Waals surface area (Å²) < 4.78 is 25.5. The predicted molar refractivity (Wildman–Crippen MR) is 122 cm³/mol. The molecule has 4 aromatic rings. The molecule has 0 saturated carbocycles. The van der Waals surface area contributed by atoms with E-state index in [9.17, 15) is 14.0 Å². The number of likely N-dealkylation sites (tertiary alicyclic amines) is 1. The third-order valence-electron chi connectivity index (χ3n) is 6.43. The minimum Gasteiger partial charge on any atom is -0.454 e. The standard InChI is InChI=1S/C24H21FN6O4/c25-17-4-1-14(2-5-17)12-31-22-20(28-29-31)23(32)27-21(26-22)15-7-9-30(10-8-15)24(33)16-3-6-18-19(11-16)35-13-34-18/h1-6,11,15H,7-10,12-13H2,(H,26,27,32). The molecule has 178 valence electrons. The number of H-pyrrole nitrogens is 1. The van der Waals surface area contributed by atoms with E-state index >= 15 is 0 Å². The molecule has 1 N–H and O–H groups in total. The van der Waals surface area contributed by atoms with Gasteiger partial charge in [-0.2, -0.15) is 0 Å². The van der Waals surface area contributed by atoms with Crippen molar-refractivity contribution in [3.8, 4) is 11.5 Å². The molecule has 0 bridgehead atoms. The lowest BCUT2D eigenvalue weighted by Crippen LogP contribution is -2.38. The molecular formula is C24H21FN6O4. The number of nitrogens with one attached hydrogen (secondary N) is 1. The Balaban J connectivity index is 1.19. The minimum atomic E-state index is -0.353. The number of aromatic amines is 1. The van der Waals surface area contributed by atoms with Gasteiger partial charge in [-0.3, -0.25) is 9.59 Å². The largest absolute Gasteiger partial charge is 0.454 e. The van der Waals surface area contributed by atoms with Gasteiger partial charge in [0.25, 0.3) is 11.5 Å². The molecule has 2 aliphatic rings. The van der Waals surface area contributed by atoms with Gasteiger partial charge in [0.1, 0.15) is 11.6 Å². The van der Waals surface area contributed by atoms with Crippen LogP contribution in [-0.2, 0) is 6.54 Å². The molecule has 2 aliphatic heterocycles. The fourth-order valence-corrected chi connectivity index (χ4v) is 4.51. The zero-order valence-corrected chi connectivity index (χ0v) is 18.6. The van der Waals surface area contributed by atoms with Crippen LogP contribution in [0.15, 0.2) is 47.3 Å². The Bertz CT molecular complexity index is 1470. The zero-order valence-electron chi connectivity index (χ0n) is 18.6. The first kappa shape index (κ1) is 21.3. The Hall–Kier alpha value is -4.28. The summed E-state index contributed by atoms with van der Waals surface area (Å²) in [6, 6.07) is 11.3. The molecule has 0 atom stereocenters. The highest BCUT2D eigenvalue weighted by molar-refractivity contribution is 5.95. The van der Waals surface area contributed by atoms with Crippen LogP contribution in [0.25, 0.3) is 11.2 Å². The summed E-state index contributed by atoms with van der Waals surface area (Å²) >= 11 is 0. The Kier molecular flexibility index (Phi) is 5.16. The molecule has 0 spiro atoms. The summed E-state index contributed by atoms with van der Waals surface area (Å²) in [6.45, 7) is 1.54. The second kappa shape index (κ2) is 8.49. The van der Waals surface area contributed by atoms with Gasteiger partial charge in [-0.25, -0.2) is 14.1 Å². The molecular weight excluding hydrogens is 455 g/mol. The monoisotopic (exact) mass is 476 g/mol. The third-order valence-corrected chi connectivity index (χ3v) is 6.43. The van der Waals surface area contributed by atoms with E-state index in [4.69, 9.17) is 9.47 Å². The molecule has 0 aliphatic carbocycles. The number of carbonyl (C=O) groups excluding carboxylic acids is 1. The van der Waals surface area contributed by atoms with Crippen molar-refractivity contribution >= 4 is 17.1 Å². The molecule has 11 heteroatoms. The molecule has 6 rings (SSSR count). The number of halogens is 1. The number of amides is 1. The van der Waals surface area contributed by atoms with E-state index in [2.05, 4.69) is 20.3 Å². The molecule has 0 radical (unpaired) electrons. The normalized spacial score (nSPS) is 15.6.